The Balaban J connectivity index is 1.33. The van der Waals surface area contributed by atoms with E-state index in [0.717, 1.165) is 49.2 Å². The summed E-state index contributed by atoms with van der Waals surface area (Å²) in [5.74, 6) is -1.30. The van der Waals surface area contributed by atoms with Gasteiger partial charge in [-0.3, -0.25) is 13.9 Å². The lowest BCUT2D eigenvalue weighted by molar-refractivity contribution is 0.0456. The average Bonchev–Trinajstić information content (AvgIpc) is 3.83. The summed E-state index contributed by atoms with van der Waals surface area (Å²) < 4.78 is 41.2. The molecule has 2 aliphatic heterocycles. The topological polar surface area (TPSA) is 108 Å². The van der Waals surface area contributed by atoms with Gasteiger partial charge in [-0.1, -0.05) is 25.0 Å². The van der Waals surface area contributed by atoms with Gasteiger partial charge in [0.2, 0.25) is 10.0 Å². The third-order valence-electron chi connectivity index (χ3n) is 9.51. The number of benzene rings is 2. The Labute approximate surface area is 268 Å². The van der Waals surface area contributed by atoms with E-state index in [-0.39, 0.29) is 59.3 Å². The first-order valence-corrected chi connectivity index (χ1v) is 18.4. The van der Waals surface area contributed by atoms with Crippen LogP contribution in [0.2, 0.25) is 0 Å². The Bertz CT molecular complexity index is 1670. The zero-order valence-corrected chi connectivity index (χ0v) is 27.2. The molecule has 0 unspecified atom stereocenters. The predicted octanol–water partition coefficient (Wildman–Crippen LogP) is 6.09. The predicted molar refractivity (Wildman–Crippen MR) is 173 cm³/mol. The maximum atomic E-state index is 14.1. The van der Waals surface area contributed by atoms with Crippen LogP contribution in [0.4, 0.5) is 10.1 Å². The average molecular weight is 654 g/mol. The molecule has 1 amide bonds. The molecule has 3 aliphatic rings. The van der Waals surface area contributed by atoms with Crippen LogP contribution in [0.5, 0.6) is 0 Å². The third-order valence-corrected chi connectivity index (χ3v) is 12.4. The van der Waals surface area contributed by atoms with E-state index in [0.29, 0.717) is 30.6 Å². The first-order chi connectivity index (χ1) is 21.6. The second kappa shape index (κ2) is 13.3. The monoisotopic (exact) mass is 653 g/mol. The fraction of sp³-hybridized carbons (Fsp3) is 0.500. The molecule has 3 aromatic rings. The largest absolute Gasteiger partial charge is 0.393 e. The van der Waals surface area contributed by atoms with Crippen LogP contribution in [0.3, 0.4) is 0 Å². The summed E-state index contributed by atoms with van der Waals surface area (Å²) >= 11 is 1.52. The molecule has 2 saturated heterocycles. The number of aliphatic hydroxyl groups excluding tert-OH is 1. The molecule has 8 nitrogen and oxygen atoms in total. The summed E-state index contributed by atoms with van der Waals surface area (Å²) in [5, 5.41) is 14.3. The quantitative estimate of drug-likeness (QED) is 0.266. The number of halogens is 1. The SMILES string of the molecule is Cc1csc([C@H]2CCCN2C(=O)c2cc(C(=O)C[C@@H](Cc3cccc(F)c3)[C@H](O)C3CCCC3)cc(N3CCCS3(=O)=O)c2)n1. The van der Waals surface area contributed by atoms with Gasteiger partial charge in [-0.05, 0) is 93.2 Å². The zero-order valence-electron chi connectivity index (χ0n) is 25.5. The van der Waals surface area contributed by atoms with Gasteiger partial charge in [-0.2, -0.15) is 0 Å². The molecule has 3 atom stereocenters. The molecule has 3 heterocycles. The van der Waals surface area contributed by atoms with Crippen LogP contribution in [0.25, 0.3) is 0 Å². The van der Waals surface area contributed by atoms with Crippen LogP contribution in [-0.4, -0.2) is 60.0 Å². The number of thiazole rings is 1. The number of hydrogen-bond acceptors (Lipinski definition) is 7. The number of hydrogen-bond donors (Lipinski definition) is 1. The van der Waals surface area contributed by atoms with E-state index >= 15 is 0 Å². The molecule has 240 valence electrons. The molecule has 1 aromatic heterocycles. The smallest absolute Gasteiger partial charge is 0.254 e. The number of nitrogens with zero attached hydrogens (tertiary/aromatic N) is 3. The highest BCUT2D eigenvalue weighted by atomic mass is 32.2. The second-order valence-electron chi connectivity index (χ2n) is 12.8. The number of aliphatic hydroxyl groups is 1. The summed E-state index contributed by atoms with van der Waals surface area (Å²) in [5.41, 5.74) is 2.41. The molecule has 45 heavy (non-hydrogen) atoms. The van der Waals surface area contributed by atoms with E-state index in [1.165, 1.54) is 27.8 Å². The van der Waals surface area contributed by atoms with Gasteiger partial charge in [0.15, 0.2) is 5.78 Å². The van der Waals surface area contributed by atoms with E-state index in [2.05, 4.69) is 4.98 Å². The van der Waals surface area contributed by atoms with Gasteiger partial charge in [-0.15, -0.1) is 11.3 Å². The molecule has 0 bridgehead atoms. The number of carbonyl (C=O) groups is 2. The van der Waals surface area contributed by atoms with Gasteiger partial charge >= 0.3 is 0 Å². The van der Waals surface area contributed by atoms with Crippen LogP contribution >= 0.6 is 11.3 Å². The van der Waals surface area contributed by atoms with Crippen molar-refractivity contribution in [3.63, 3.8) is 0 Å². The number of anilines is 1. The number of carbonyl (C=O) groups excluding carboxylic acids is 2. The van der Waals surface area contributed by atoms with Crippen molar-refractivity contribution in [2.75, 3.05) is 23.1 Å². The molecule has 1 aliphatic carbocycles. The van der Waals surface area contributed by atoms with Gasteiger partial charge in [0.1, 0.15) is 10.8 Å². The second-order valence-corrected chi connectivity index (χ2v) is 15.7. The molecule has 1 N–H and O–H groups in total. The van der Waals surface area contributed by atoms with Crippen molar-refractivity contribution >= 4 is 38.7 Å². The highest BCUT2D eigenvalue weighted by molar-refractivity contribution is 7.93. The molecule has 1 saturated carbocycles. The minimum absolute atomic E-state index is 0.00927. The maximum absolute atomic E-state index is 14.1. The van der Waals surface area contributed by atoms with Crippen LogP contribution in [0.1, 0.15) is 94.4 Å². The highest BCUT2D eigenvalue weighted by Gasteiger charge is 2.36. The van der Waals surface area contributed by atoms with Crippen molar-refractivity contribution < 1.29 is 27.5 Å². The molecule has 3 fully saturated rings. The molecule has 0 radical (unpaired) electrons. The van der Waals surface area contributed by atoms with Crippen LogP contribution in [0.15, 0.2) is 47.8 Å². The third kappa shape index (κ3) is 7.00. The summed E-state index contributed by atoms with van der Waals surface area (Å²) in [6, 6.07) is 10.8. The molecular formula is C34H40FN3O5S2. The van der Waals surface area contributed by atoms with Crippen molar-refractivity contribution in [2.45, 2.75) is 76.9 Å². The summed E-state index contributed by atoms with van der Waals surface area (Å²) in [4.78, 5) is 34.5. The van der Waals surface area contributed by atoms with E-state index in [9.17, 15) is 27.5 Å². The van der Waals surface area contributed by atoms with Crippen molar-refractivity contribution in [2.24, 2.45) is 11.8 Å². The van der Waals surface area contributed by atoms with E-state index in [1.807, 2.05) is 12.3 Å². The van der Waals surface area contributed by atoms with Crippen LogP contribution in [0, 0.1) is 24.6 Å². The van der Waals surface area contributed by atoms with Crippen molar-refractivity contribution in [3.8, 4) is 0 Å². The number of likely N-dealkylation sites (tertiary alicyclic amines) is 1. The Morgan fingerprint density at radius 3 is 2.51 bits per heavy atom. The van der Waals surface area contributed by atoms with Gasteiger partial charge in [-0.25, -0.2) is 17.8 Å². The Hall–Kier alpha value is -3.15. The molecule has 6 rings (SSSR count). The van der Waals surface area contributed by atoms with Crippen molar-refractivity contribution in [1.82, 2.24) is 9.88 Å². The number of aryl methyl sites for hydroxylation is 1. The summed E-state index contributed by atoms with van der Waals surface area (Å²) in [6.07, 6.45) is 5.46. The van der Waals surface area contributed by atoms with Crippen molar-refractivity contribution in [1.29, 1.82) is 0 Å². The maximum Gasteiger partial charge on any atom is 0.254 e. The number of rotatable bonds is 10. The molecular weight excluding hydrogens is 614 g/mol. The number of ketones is 1. The zero-order chi connectivity index (χ0) is 31.7. The van der Waals surface area contributed by atoms with E-state index < -0.39 is 22.0 Å². The summed E-state index contributed by atoms with van der Waals surface area (Å²) in [7, 11) is -3.57. The minimum Gasteiger partial charge on any atom is -0.393 e. The van der Waals surface area contributed by atoms with Gasteiger partial charge in [0.25, 0.3) is 5.91 Å². The molecule has 0 spiro atoms. The normalized spacial score (nSPS) is 21.4. The summed E-state index contributed by atoms with van der Waals surface area (Å²) in [6.45, 7) is 2.74. The first kappa shape index (κ1) is 31.8. The minimum atomic E-state index is -3.57. The number of amides is 1. The fourth-order valence-electron chi connectivity index (χ4n) is 7.25. The molecule has 2 aromatic carbocycles. The standard InChI is InChI=1S/C34H40FN3O5S2/c1-22-21-44-33(36-22)30-11-5-12-37(30)34(41)27-17-25(18-29(19-27)38-13-6-14-45(38,42)43)31(39)20-26(32(40)24-8-2-3-9-24)15-23-7-4-10-28(35)16-23/h4,7,10,16-19,21,24,26,30,32,40H,2-3,5-6,8-9,11-15,20H2,1H3/t26-,30-,32-/m1/s1. The van der Waals surface area contributed by atoms with Gasteiger partial charge in [0, 0.05) is 41.7 Å². The Morgan fingerprint density at radius 1 is 1.04 bits per heavy atom. The number of Topliss-reactive ketones (excluding diaryl/α,β-unsaturated/α-hetero) is 1. The van der Waals surface area contributed by atoms with Gasteiger partial charge < -0.3 is 10.0 Å². The molecule has 11 heteroatoms. The van der Waals surface area contributed by atoms with Crippen LogP contribution in [-0.2, 0) is 16.4 Å². The van der Waals surface area contributed by atoms with E-state index in [1.54, 1.807) is 35.2 Å². The lowest BCUT2D eigenvalue weighted by atomic mass is 9.81. The van der Waals surface area contributed by atoms with Crippen molar-refractivity contribution in [3.05, 3.63) is 81.1 Å². The number of sulfonamides is 1. The van der Waals surface area contributed by atoms with Crippen LogP contribution < -0.4 is 4.31 Å². The van der Waals surface area contributed by atoms with E-state index in [4.69, 9.17) is 0 Å². The van der Waals surface area contributed by atoms with Gasteiger partial charge in [0.05, 0.1) is 23.6 Å². The fourth-order valence-corrected chi connectivity index (χ4v) is 9.74. The lowest BCUT2D eigenvalue weighted by Gasteiger charge is -2.28. The number of aromatic nitrogens is 1. The Morgan fingerprint density at radius 2 is 1.82 bits per heavy atom. The first-order valence-electron chi connectivity index (χ1n) is 15.9. The Kier molecular flexibility index (Phi) is 9.40. The lowest BCUT2D eigenvalue weighted by Crippen LogP contribution is -2.32. The highest BCUT2D eigenvalue weighted by Crippen LogP contribution is 2.37.